The number of H-pyrrole nitrogens is 1. The topological polar surface area (TPSA) is 109 Å². The van der Waals surface area contributed by atoms with Crippen molar-refractivity contribution in [2.45, 2.75) is 25.2 Å². The lowest BCUT2D eigenvalue weighted by Gasteiger charge is -2.23. The molecule has 1 N–H and O–H groups in total. The van der Waals surface area contributed by atoms with Gasteiger partial charge in [-0.2, -0.15) is 0 Å². The zero-order valence-electron chi connectivity index (χ0n) is 13.0. The highest BCUT2D eigenvalue weighted by atomic mass is 16.7. The Bertz CT molecular complexity index is 926. The molecule has 0 atom stereocenters. The molecule has 0 saturated heterocycles. The molecule has 0 bridgehead atoms. The minimum atomic E-state index is -1.11. The highest BCUT2D eigenvalue weighted by Crippen LogP contribution is 2.33. The molecular weight excluding hydrogens is 326 g/mol. The summed E-state index contributed by atoms with van der Waals surface area (Å²) >= 11 is 0. The molecule has 126 valence electrons. The molecule has 8 heteroatoms. The van der Waals surface area contributed by atoms with E-state index in [9.17, 15) is 19.2 Å². The number of hydrogen-bond donors (Lipinski definition) is 1. The largest absolute Gasteiger partial charge is 0.371 e. The molecule has 1 fully saturated rings. The first-order valence-electron chi connectivity index (χ1n) is 7.85. The van der Waals surface area contributed by atoms with Crippen molar-refractivity contribution in [2.75, 3.05) is 0 Å². The number of hydrogen-bond acceptors (Lipinski definition) is 6. The summed E-state index contributed by atoms with van der Waals surface area (Å²) in [5.74, 6) is -1.86. The van der Waals surface area contributed by atoms with E-state index >= 15 is 0 Å². The van der Waals surface area contributed by atoms with Crippen LogP contribution in [0.1, 0.15) is 62.1 Å². The molecule has 1 aliphatic carbocycles. The lowest BCUT2D eigenvalue weighted by Crippen LogP contribution is -2.35. The van der Waals surface area contributed by atoms with Crippen molar-refractivity contribution in [1.82, 2.24) is 15.0 Å². The van der Waals surface area contributed by atoms with E-state index in [1.165, 1.54) is 12.1 Å². The van der Waals surface area contributed by atoms with Gasteiger partial charge in [0.05, 0.1) is 11.1 Å². The zero-order chi connectivity index (χ0) is 17.6. The number of nitrogens with one attached hydrogen (secondary N) is 1. The summed E-state index contributed by atoms with van der Waals surface area (Å²) in [5.41, 5.74) is -0.724. The number of amides is 2. The van der Waals surface area contributed by atoms with E-state index < -0.39 is 23.3 Å². The maximum Gasteiger partial charge on any atom is 0.371 e. The first kappa shape index (κ1) is 15.3. The van der Waals surface area contributed by atoms with Gasteiger partial charge in [-0.1, -0.05) is 23.6 Å². The molecule has 0 radical (unpaired) electrons. The van der Waals surface area contributed by atoms with Gasteiger partial charge in [0, 0.05) is 12.1 Å². The third-order valence-electron chi connectivity index (χ3n) is 4.46. The van der Waals surface area contributed by atoms with Gasteiger partial charge < -0.3 is 9.82 Å². The van der Waals surface area contributed by atoms with Crippen LogP contribution in [-0.4, -0.2) is 32.8 Å². The molecule has 8 nitrogen and oxygen atoms in total. The number of carbonyl (C=O) groups excluding carboxylic acids is 3. The normalized spacial score (nSPS) is 16.6. The van der Waals surface area contributed by atoms with Gasteiger partial charge in [0.25, 0.3) is 17.4 Å². The van der Waals surface area contributed by atoms with E-state index in [4.69, 9.17) is 4.84 Å². The van der Waals surface area contributed by atoms with E-state index in [-0.39, 0.29) is 22.6 Å². The predicted molar refractivity (Wildman–Crippen MR) is 83.8 cm³/mol. The fraction of sp³-hybridized carbons (Fsp3) is 0.235. The van der Waals surface area contributed by atoms with Gasteiger partial charge in [0.15, 0.2) is 0 Å². The van der Waals surface area contributed by atoms with Crippen LogP contribution < -0.4 is 5.56 Å². The standard InChI is InChI=1S/C17H13N3O5/c21-14-12(8-18-13(19-14)9-4-3-5-9)17(24)25-20-15(22)10-6-1-2-7-11(10)16(20)23/h1-2,6-9H,3-5H2,(H,18,19,21). The molecule has 25 heavy (non-hydrogen) atoms. The van der Waals surface area contributed by atoms with Crippen LogP contribution >= 0.6 is 0 Å². The Morgan fingerprint density at radius 2 is 1.76 bits per heavy atom. The smallest absolute Gasteiger partial charge is 0.324 e. The lowest BCUT2D eigenvalue weighted by molar-refractivity contribution is -0.0586. The Kier molecular flexibility index (Phi) is 3.45. The molecule has 2 heterocycles. The summed E-state index contributed by atoms with van der Waals surface area (Å²) < 4.78 is 0. The highest BCUT2D eigenvalue weighted by Gasteiger charge is 2.39. The van der Waals surface area contributed by atoms with Gasteiger partial charge in [-0.3, -0.25) is 14.4 Å². The van der Waals surface area contributed by atoms with Crippen molar-refractivity contribution >= 4 is 17.8 Å². The minimum Gasteiger partial charge on any atom is -0.324 e. The first-order chi connectivity index (χ1) is 12.1. The molecular formula is C17H13N3O5. The minimum absolute atomic E-state index is 0.146. The second kappa shape index (κ2) is 5.66. The molecule has 1 aromatic carbocycles. The summed E-state index contributed by atoms with van der Waals surface area (Å²) in [5, 5.41) is 0.367. The Labute approximate surface area is 141 Å². The molecule has 1 aromatic heterocycles. The number of imide groups is 1. The lowest BCUT2D eigenvalue weighted by atomic mass is 9.85. The van der Waals surface area contributed by atoms with Gasteiger partial charge in [0.2, 0.25) is 0 Å². The van der Waals surface area contributed by atoms with Crippen LogP contribution in [0.25, 0.3) is 0 Å². The summed E-state index contributed by atoms with van der Waals surface area (Å²) in [7, 11) is 0. The highest BCUT2D eigenvalue weighted by molar-refractivity contribution is 6.21. The first-order valence-corrected chi connectivity index (χ1v) is 7.85. The van der Waals surface area contributed by atoms with Gasteiger partial charge >= 0.3 is 5.97 Å². The number of hydroxylamine groups is 2. The summed E-state index contributed by atoms with van der Waals surface area (Å²) in [6, 6.07) is 6.13. The Morgan fingerprint density at radius 1 is 1.12 bits per heavy atom. The number of aromatic nitrogens is 2. The molecule has 4 rings (SSSR count). The number of nitrogens with zero attached hydrogens (tertiary/aromatic N) is 2. The van der Waals surface area contributed by atoms with Crippen LogP contribution in [-0.2, 0) is 4.84 Å². The zero-order valence-corrected chi connectivity index (χ0v) is 13.0. The van der Waals surface area contributed by atoms with E-state index in [1.54, 1.807) is 12.1 Å². The molecule has 0 unspecified atom stereocenters. The van der Waals surface area contributed by atoms with E-state index in [0.29, 0.717) is 10.9 Å². The summed E-state index contributed by atoms with van der Waals surface area (Å²) in [6.45, 7) is 0. The van der Waals surface area contributed by atoms with Crippen molar-refractivity contribution in [2.24, 2.45) is 0 Å². The summed E-state index contributed by atoms with van der Waals surface area (Å²) in [6.07, 6.45) is 4.09. The number of rotatable bonds is 3. The van der Waals surface area contributed by atoms with Crippen LogP contribution in [0.3, 0.4) is 0 Å². The Hall–Kier alpha value is -3.29. The number of fused-ring (bicyclic) bond motifs is 1. The van der Waals surface area contributed by atoms with Crippen molar-refractivity contribution in [3.63, 3.8) is 0 Å². The third kappa shape index (κ3) is 2.42. The number of benzene rings is 1. The second-order valence-corrected chi connectivity index (χ2v) is 5.97. The SMILES string of the molecule is O=C(ON1C(=O)c2ccccc2C1=O)c1cnc(C2CCC2)[nH]c1=O. The van der Waals surface area contributed by atoms with Crippen molar-refractivity contribution in [1.29, 1.82) is 0 Å². The van der Waals surface area contributed by atoms with Gasteiger partial charge in [0.1, 0.15) is 11.4 Å². The maximum atomic E-state index is 12.2. The average molecular weight is 339 g/mol. The van der Waals surface area contributed by atoms with Crippen molar-refractivity contribution in [3.05, 3.63) is 63.3 Å². The Balaban J connectivity index is 1.56. The average Bonchev–Trinajstić information content (AvgIpc) is 2.79. The van der Waals surface area contributed by atoms with Crippen LogP contribution in [0.15, 0.2) is 35.3 Å². The molecule has 0 spiro atoms. The van der Waals surface area contributed by atoms with E-state index in [2.05, 4.69) is 9.97 Å². The molecule has 2 aromatic rings. The van der Waals surface area contributed by atoms with Crippen LogP contribution in [0.2, 0.25) is 0 Å². The quantitative estimate of drug-likeness (QED) is 0.847. The van der Waals surface area contributed by atoms with Crippen molar-refractivity contribution in [3.8, 4) is 0 Å². The van der Waals surface area contributed by atoms with Gasteiger partial charge in [-0.25, -0.2) is 9.78 Å². The van der Waals surface area contributed by atoms with Crippen LogP contribution in [0, 0.1) is 0 Å². The van der Waals surface area contributed by atoms with E-state index in [0.717, 1.165) is 25.5 Å². The van der Waals surface area contributed by atoms with Crippen molar-refractivity contribution < 1.29 is 19.2 Å². The van der Waals surface area contributed by atoms with Crippen LogP contribution in [0.5, 0.6) is 0 Å². The van der Waals surface area contributed by atoms with E-state index in [1.807, 2.05) is 0 Å². The fourth-order valence-electron chi connectivity index (χ4n) is 2.83. The predicted octanol–water partition coefficient (Wildman–Crippen LogP) is 1.41. The van der Waals surface area contributed by atoms with Gasteiger partial charge in [-0.15, -0.1) is 0 Å². The third-order valence-corrected chi connectivity index (χ3v) is 4.46. The molecule has 2 aliphatic rings. The maximum absolute atomic E-state index is 12.2. The number of carbonyl (C=O) groups is 3. The van der Waals surface area contributed by atoms with Gasteiger partial charge in [-0.05, 0) is 25.0 Å². The molecule has 2 amide bonds. The fourth-order valence-corrected chi connectivity index (χ4v) is 2.83. The number of aromatic amines is 1. The molecule has 1 aliphatic heterocycles. The Morgan fingerprint density at radius 3 is 2.28 bits per heavy atom. The molecule has 1 saturated carbocycles. The van der Waals surface area contributed by atoms with Crippen LogP contribution in [0.4, 0.5) is 0 Å². The monoisotopic (exact) mass is 339 g/mol. The summed E-state index contributed by atoms with van der Waals surface area (Å²) in [4.78, 5) is 60.2. The second-order valence-electron chi connectivity index (χ2n) is 5.97.